The molecule has 0 spiro atoms. The quantitative estimate of drug-likeness (QED) is 0.786. The molecule has 2 fully saturated rings. The molecule has 16 heavy (non-hydrogen) atoms. The summed E-state index contributed by atoms with van der Waals surface area (Å²) in [6.45, 7) is 11.2. The second kappa shape index (κ2) is 5.48. The Labute approximate surface area is 99.5 Å². The van der Waals surface area contributed by atoms with Crippen molar-refractivity contribution in [1.29, 1.82) is 0 Å². The Balaban J connectivity index is 1.83. The highest BCUT2D eigenvalue weighted by atomic mass is 16.5. The van der Waals surface area contributed by atoms with Crippen LogP contribution in [0.1, 0.15) is 33.6 Å². The topological polar surface area (TPSA) is 24.5 Å². The summed E-state index contributed by atoms with van der Waals surface area (Å²) < 4.78 is 5.65. The summed E-state index contributed by atoms with van der Waals surface area (Å²) >= 11 is 0. The minimum atomic E-state index is 0.540. The Morgan fingerprint density at radius 2 is 2.12 bits per heavy atom. The van der Waals surface area contributed by atoms with E-state index < -0.39 is 0 Å². The van der Waals surface area contributed by atoms with Crippen molar-refractivity contribution in [3.8, 4) is 0 Å². The first-order valence-corrected chi connectivity index (χ1v) is 6.80. The lowest BCUT2D eigenvalue weighted by atomic mass is 9.85. The van der Waals surface area contributed by atoms with Gasteiger partial charge in [-0.1, -0.05) is 13.8 Å². The normalized spacial score (nSPS) is 36.4. The largest absolute Gasteiger partial charge is 0.378 e. The van der Waals surface area contributed by atoms with Gasteiger partial charge >= 0.3 is 0 Å². The number of rotatable bonds is 4. The molecule has 1 atom stereocenters. The van der Waals surface area contributed by atoms with Crippen LogP contribution in [0.3, 0.4) is 0 Å². The van der Waals surface area contributed by atoms with E-state index in [2.05, 4.69) is 31.0 Å². The highest BCUT2D eigenvalue weighted by molar-refractivity contribution is 4.94. The van der Waals surface area contributed by atoms with Crippen molar-refractivity contribution in [2.24, 2.45) is 5.92 Å². The molecule has 2 aliphatic rings. The Morgan fingerprint density at radius 3 is 2.75 bits per heavy atom. The predicted molar refractivity (Wildman–Crippen MR) is 66.6 cm³/mol. The molecule has 0 aromatic rings. The smallest absolute Gasteiger partial charge is 0.0604 e. The van der Waals surface area contributed by atoms with Crippen LogP contribution in [0.5, 0.6) is 0 Å². The highest BCUT2D eigenvalue weighted by Crippen LogP contribution is 2.31. The SMILES string of the molecule is CCOC1CC(N2CCNCC2C(C)C)C1. The number of hydrogen-bond acceptors (Lipinski definition) is 3. The van der Waals surface area contributed by atoms with Gasteiger partial charge in [-0.2, -0.15) is 0 Å². The zero-order valence-electron chi connectivity index (χ0n) is 10.9. The minimum absolute atomic E-state index is 0.540. The van der Waals surface area contributed by atoms with E-state index in [0.29, 0.717) is 6.10 Å². The molecular formula is C13H26N2O. The van der Waals surface area contributed by atoms with Gasteiger partial charge in [0.2, 0.25) is 0 Å². The van der Waals surface area contributed by atoms with Crippen LogP contribution in [0.25, 0.3) is 0 Å². The fourth-order valence-electron chi connectivity index (χ4n) is 2.99. The van der Waals surface area contributed by atoms with E-state index in [1.807, 2.05) is 0 Å². The maximum Gasteiger partial charge on any atom is 0.0604 e. The standard InChI is InChI=1S/C13H26N2O/c1-4-16-12-7-11(8-12)15-6-5-14-9-13(15)10(2)3/h10-14H,4-9H2,1-3H3. The van der Waals surface area contributed by atoms with Crippen molar-refractivity contribution >= 4 is 0 Å². The van der Waals surface area contributed by atoms with Gasteiger partial charge in [0.25, 0.3) is 0 Å². The fourth-order valence-corrected chi connectivity index (χ4v) is 2.99. The fraction of sp³-hybridized carbons (Fsp3) is 1.00. The molecule has 1 aliphatic carbocycles. The number of ether oxygens (including phenoxy) is 1. The lowest BCUT2D eigenvalue weighted by Gasteiger charge is -2.49. The molecule has 0 aromatic carbocycles. The predicted octanol–water partition coefficient (Wildman–Crippen LogP) is 1.48. The van der Waals surface area contributed by atoms with Gasteiger partial charge in [0.05, 0.1) is 6.10 Å². The number of hydrogen-bond donors (Lipinski definition) is 1. The van der Waals surface area contributed by atoms with Crippen LogP contribution in [0.4, 0.5) is 0 Å². The molecule has 0 bridgehead atoms. The van der Waals surface area contributed by atoms with Gasteiger partial charge in [-0.15, -0.1) is 0 Å². The summed E-state index contributed by atoms with van der Waals surface area (Å²) in [5, 5.41) is 3.51. The first-order chi connectivity index (χ1) is 7.72. The van der Waals surface area contributed by atoms with E-state index in [1.165, 1.54) is 19.4 Å². The van der Waals surface area contributed by atoms with Crippen molar-refractivity contribution in [2.75, 3.05) is 26.2 Å². The van der Waals surface area contributed by atoms with Crippen LogP contribution < -0.4 is 5.32 Å². The third-order valence-corrected chi connectivity index (χ3v) is 4.04. The van der Waals surface area contributed by atoms with Gasteiger partial charge in [-0.05, 0) is 25.7 Å². The van der Waals surface area contributed by atoms with Crippen molar-refractivity contribution in [1.82, 2.24) is 10.2 Å². The van der Waals surface area contributed by atoms with Crippen LogP contribution in [0, 0.1) is 5.92 Å². The van der Waals surface area contributed by atoms with Gasteiger partial charge in [-0.25, -0.2) is 0 Å². The minimum Gasteiger partial charge on any atom is -0.378 e. The molecule has 94 valence electrons. The van der Waals surface area contributed by atoms with Crippen LogP contribution in [0.15, 0.2) is 0 Å². The second-order valence-electron chi connectivity index (χ2n) is 5.46. The molecular weight excluding hydrogens is 200 g/mol. The Hall–Kier alpha value is -0.120. The van der Waals surface area contributed by atoms with Gasteiger partial charge in [0.1, 0.15) is 0 Å². The average molecular weight is 226 g/mol. The summed E-state index contributed by atoms with van der Waals surface area (Å²) in [4.78, 5) is 2.72. The summed E-state index contributed by atoms with van der Waals surface area (Å²) in [6.07, 6.45) is 3.03. The maximum atomic E-state index is 5.65. The average Bonchev–Trinajstić information content (AvgIpc) is 2.23. The van der Waals surface area contributed by atoms with E-state index >= 15 is 0 Å². The number of nitrogens with one attached hydrogen (secondary N) is 1. The lowest BCUT2D eigenvalue weighted by molar-refractivity contribution is -0.0674. The summed E-state index contributed by atoms with van der Waals surface area (Å²) in [5.74, 6) is 0.749. The van der Waals surface area contributed by atoms with Crippen LogP contribution in [0.2, 0.25) is 0 Å². The molecule has 0 aromatic heterocycles. The molecule has 1 heterocycles. The van der Waals surface area contributed by atoms with Gasteiger partial charge in [0, 0.05) is 38.3 Å². The van der Waals surface area contributed by atoms with Crippen LogP contribution in [-0.4, -0.2) is 49.3 Å². The van der Waals surface area contributed by atoms with Gasteiger partial charge in [0.15, 0.2) is 0 Å². The Morgan fingerprint density at radius 1 is 1.38 bits per heavy atom. The Kier molecular flexibility index (Phi) is 4.22. The van der Waals surface area contributed by atoms with Gasteiger partial charge < -0.3 is 10.1 Å². The van der Waals surface area contributed by atoms with Crippen LogP contribution in [-0.2, 0) is 4.74 Å². The molecule has 3 nitrogen and oxygen atoms in total. The monoisotopic (exact) mass is 226 g/mol. The molecule has 1 aliphatic heterocycles. The third-order valence-electron chi connectivity index (χ3n) is 4.04. The molecule has 1 saturated carbocycles. The Bertz CT molecular complexity index is 214. The molecule has 3 heteroatoms. The summed E-state index contributed by atoms with van der Waals surface area (Å²) in [5.41, 5.74) is 0. The lowest BCUT2D eigenvalue weighted by Crippen LogP contribution is -2.61. The molecule has 1 N–H and O–H groups in total. The van der Waals surface area contributed by atoms with Crippen LogP contribution >= 0.6 is 0 Å². The van der Waals surface area contributed by atoms with Gasteiger partial charge in [-0.3, -0.25) is 4.90 Å². The maximum absolute atomic E-state index is 5.65. The number of piperazine rings is 1. The van der Waals surface area contributed by atoms with E-state index in [4.69, 9.17) is 4.74 Å². The molecule has 2 rings (SSSR count). The molecule has 1 unspecified atom stereocenters. The summed E-state index contributed by atoms with van der Waals surface area (Å²) in [6, 6.07) is 1.51. The van der Waals surface area contributed by atoms with Crippen molar-refractivity contribution in [2.45, 2.75) is 51.8 Å². The summed E-state index contributed by atoms with van der Waals surface area (Å²) in [7, 11) is 0. The number of nitrogens with zero attached hydrogens (tertiary/aromatic N) is 1. The first-order valence-electron chi connectivity index (χ1n) is 6.80. The first kappa shape index (κ1) is 12.3. The zero-order chi connectivity index (χ0) is 11.5. The molecule has 0 radical (unpaired) electrons. The zero-order valence-corrected chi connectivity index (χ0v) is 10.9. The van der Waals surface area contributed by atoms with Crippen molar-refractivity contribution < 1.29 is 4.74 Å². The van der Waals surface area contributed by atoms with E-state index in [9.17, 15) is 0 Å². The third kappa shape index (κ3) is 2.58. The van der Waals surface area contributed by atoms with E-state index in [-0.39, 0.29) is 0 Å². The van der Waals surface area contributed by atoms with E-state index in [0.717, 1.165) is 37.7 Å². The second-order valence-corrected chi connectivity index (χ2v) is 5.46. The molecule has 1 saturated heterocycles. The van der Waals surface area contributed by atoms with Crippen molar-refractivity contribution in [3.05, 3.63) is 0 Å². The van der Waals surface area contributed by atoms with Crippen molar-refractivity contribution in [3.63, 3.8) is 0 Å². The highest BCUT2D eigenvalue weighted by Gasteiger charge is 2.38. The molecule has 0 amide bonds. The van der Waals surface area contributed by atoms with E-state index in [1.54, 1.807) is 0 Å².